The van der Waals surface area contributed by atoms with Gasteiger partial charge >= 0.3 is 0 Å². The number of benzene rings is 9. The molecule has 9 rings (SSSR count). The molecule has 0 fully saturated rings. The molecule has 12 heteroatoms. The summed E-state index contributed by atoms with van der Waals surface area (Å²) in [5, 5.41) is 2.09. The van der Waals surface area contributed by atoms with E-state index in [1.54, 1.807) is 73.9 Å². The van der Waals surface area contributed by atoms with Gasteiger partial charge in [-0.05, 0) is 128 Å². The molecule has 0 N–H and O–H groups in total. The van der Waals surface area contributed by atoms with Crippen LogP contribution in [0.3, 0.4) is 0 Å². The maximum Gasteiger partial charge on any atom is 0.161 e. The van der Waals surface area contributed by atoms with Gasteiger partial charge in [-0.15, -0.1) is 6.58 Å². The van der Waals surface area contributed by atoms with Crippen LogP contribution in [0.4, 0.5) is 0 Å². The van der Waals surface area contributed by atoms with E-state index in [4.69, 9.17) is 56.8 Å². The Balaban J connectivity index is 0.000000321. The first kappa shape index (κ1) is 86.7. The number of rotatable bonds is 38. The Labute approximate surface area is 625 Å². The number of aryl methyl sites for hydroxylation is 1. The molecule has 0 saturated carbocycles. The molecular weight excluding hydrogens is 1310 g/mol. The number of ether oxygens (including phenoxy) is 12. The van der Waals surface area contributed by atoms with Crippen molar-refractivity contribution < 1.29 is 56.8 Å². The summed E-state index contributed by atoms with van der Waals surface area (Å²) in [5.74, 6) is 9.84. The van der Waals surface area contributed by atoms with Crippen LogP contribution in [0.25, 0.3) is 28.0 Å². The second kappa shape index (κ2) is 56.1. The van der Waals surface area contributed by atoms with Crippen LogP contribution < -0.4 is 56.8 Å². The fourth-order valence-electron chi connectivity index (χ4n) is 8.85. The number of hydrogen-bond donors (Lipinski definition) is 0. The standard InChI is InChI=1S/C18H18O2.C16H16O2.C13H16O2.2C12H14O2.C12H14O.C10H12O/c1-3-13-19-17-11-7-5-9-15(17)16-10-6-8-12-18(16)20-14-4-2;1-3-11-17-15-9-10-16(18-12-4-2)14-8-6-5-7-13(14)15;1-4-6-11-7-8-12(15-9-5-2)13(10-11)14-3;1-3-9-13-11-5-7-12(8-6-11)14-10-4-2;1-3-8-13-11-6-5-7-12(10-11)14-9-4-2;1-3-7-11-8-5-6-9-12(11)13-10-4-2;1-3-7-11-10-6-4-5-9(2)8-10/h3-12H,1-2,13-14H2;3-10H,1-2,11-12H2;4-8,10H,2,9H2,1,3H3;3-8H,1-2,9-10H2;3-7,10H,1-2,8-9H2;3-6,8-9H,1-2,7,10H2;3-6,8H,1,7H2,2H3/b;;6-4+;;;;. The second-order valence-electron chi connectivity index (χ2n) is 21.5. The monoisotopic (exact) mass is 1410 g/mol. The number of allylic oxidation sites excluding steroid dienone is 2. The minimum atomic E-state index is 0.479. The van der Waals surface area contributed by atoms with E-state index in [0.29, 0.717) is 72.7 Å². The number of fused-ring (bicyclic) bond motifs is 1. The van der Waals surface area contributed by atoms with Crippen molar-refractivity contribution in [1.29, 1.82) is 0 Å². The molecule has 0 aromatic heterocycles. The van der Waals surface area contributed by atoms with E-state index in [-0.39, 0.29) is 0 Å². The molecule has 105 heavy (non-hydrogen) atoms. The maximum absolute atomic E-state index is 5.71. The predicted molar refractivity (Wildman–Crippen MR) is 441 cm³/mol. The van der Waals surface area contributed by atoms with Gasteiger partial charge in [-0.2, -0.15) is 0 Å². The molecule has 9 aromatic carbocycles. The molecule has 12 nitrogen and oxygen atoms in total. The van der Waals surface area contributed by atoms with Crippen LogP contribution >= 0.6 is 0 Å². The lowest BCUT2D eigenvalue weighted by Crippen LogP contribution is -1.98. The van der Waals surface area contributed by atoms with Gasteiger partial charge in [0.25, 0.3) is 0 Å². The molecule has 0 aliphatic rings. The van der Waals surface area contributed by atoms with Crippen molar-refractivity contribution in [3.63, 3.8) is 0 Å². The average Bonchev–Trinajstić information content (AvgIpc) is 0.803. The summed E-state index contributed by atoms with van der Waals surface area (Å²) in [5.41, 5.74) is 5.49. The largest absolute Gasteiger partial charge is 0.493 e. The summed E-state index contributed by atoms with van der Waals surface area (Å²) in [6.07, 6.45) is 25.7. The third-order valence-electron chi connectivity index (χ3n) is 13.4. The highest BCUT2D eigenvalue weighted by Crippen LogP contribution is 2.37. The summed E-state index contributed by atoms with van der Waals surface area (Å²) in [4.78, 5) is 0. The summed E-state index contributed by atoms with van der Waals surface area (Å²) >= 11 is 0. The van der Waals surface area contributed by atoms with Crippen molar-refractivity contribution >= 4 is 16.8 Å². The van der Waals surface area contributed by atoms with Gasteiger partial charge in [0.2, 0.25) is 0 Å². The lowest BCUT2D eigenvalue weighted by molar-refractivity contribution is 0.326. The molecule has 0 spiro atoms. The van der Waals surface area contributed by atoms with Crippen LogP contribution in [0.5, 0.6) is 69.0 Å². The molecule has 0 amide bonds. The van der Waals surface area contributed by atoms with E-state index in [2.05, 4.69) is 78.9 Å². The normalized spacial score (nSPS) is 9.59. The Kier molecular flexibility index (Phi) is 46.3. The van der Waals surface area contributed by atoms with Gasteiger partial charge in [0.05, 0.1) is 7.11 Å². The summed E-state index contributed by atoms with van der Waals surface area (Å²) < 4.78 is 65.5. The zero-order valence-electron chi connectivity index (χ0n) is 61.5. The molecule has 0 bridgehead atoms. The summed E-state index contributed by atoms with van der Waals surface area (Å²) in [6, 6.07) is 64.4. The van der Waals surface area contributed by atoms with Crippen molar-refractivity contribution in [3.8, 4) is 80.1 Å². The molecule has 0 atom stereocenters. The Hall–Kier alpha value is -12.5. The van der Waals surface area contributed by atoms with E-state index >= 15 is 0 Å². The van der Waals surface area contributed by atoms with E-state index in [0.717, 1.165) is 103 Å². The van der Waals surface area contributed by atoms with Crippen molar-refractivity contribution in [2.75, 3.05) is 79.8 Å². The third-order valence-corrected chi connectivity index (χ3v) is 13.4. The lowest BCUT2D eigenvalue weighted by atomic mass is 10.0. The van der Waals surface area contributed by atoms with E-state index in [1.807, 2.05) is 232 Å². The van der Waals surface area contributed by atoms with Crippen LogP contribution in [0.1, 0.15) is 23.6 Å². The Bertz CT molecular complexity index is 3900. The summed E-state index contributed by atoms with van der Waals surface area (Å²) in [6.45, 7) is 53.1. The Morgan fingerprint density at radius 3 is 1.00 bits per heavy atom. The van der Waals surface area contributed by atoms with Gasteiger partial charge in [-0.3, -0.25) is 0 Å². The number of methoxy groups -OCH3 is 1. The second-order valence-corrected chi connectivity index (χ2v) is 21.5. The van der Waals surface area contributed by atoms with Crippen LogP contribution in [0.15, 0.2) is 358 Å². The fourth-order valence-corrected chi connectivity index (χ4v) is 8.85. The smallest absolute Gasteiger partial charge is 0.161 e. The molecule has 548 valence electrons. The summed E-state index contributed by atoms with van der Waals surface area (Å²) in [7, 11) is 1.63. The third kappa shape index (κ3) is 35.6. The average molecular weight is 1410 g/mol. The Morgan fingerprint density at radius 2 is 0.600 bits per heavy atom. The van der Waals surface area contributed by atoms with Crippen LogP contribution in [0, 0.1) is 6.92 Å². The highest BCUT2D eigenvalue weighted by molar-refractivity contribution is 5.93. The van der Waals surface area contributed by atoms with Gasteiger partial charge in [0, 0.05) is 28.0 Å². The van der Waals surface area contributed by atoms with Crippen molar-refractivity contribution in [3.05, 3.63) is 375 Å². The molecule has 0 saturated heterocycles. The van der Waals surface area contributed by atoms with Gasteiger partial charge in [0.1, 0.15) is 130 Å². The first-order valence-electron chi connectivity index (χ1n) is 34.1. The molecule has 0 heterocycles. The van der Waals surface area contributed by atoms with Crippen LogP contribution in [-0.4, -0.2) is 79.8 Å². The minimum Gasteiger partial charge on any atom is -0.493 e. The first-order valence-corrected chi connectivity index (χ1v) is 34.1. The van der Waals surface area contributed by atoms with Gasteiger partial charge in [0.15, 0.2) is 11.5 Å². The molecule has 0 radical (unpaired) electrons. The van der Waals surface area contributed by atoms with E-state index in [1.165, 1.54) is 11.1 Å². The molecular formula is C93H104O12. The van der Waals surface area contributed by atoms with Gasteiger partial charge in [-0.1, -0.05) is 261 Å². The molecule has 0 unspecified atom stereocenters. The first-order chi connectivity index (χ1) is 51.5. The van der Waals surface area contributed by atoms with E-state index < -0.39 is 0 Å². The zero-order valence-corrected chi connectivity index (χ0v) is 61.5. The number of para-hydroxylation sites is 3. The predicted octanol–water partition coefficient (Wildman–Crippen LogP) is 22.9. The van der Waals surface area contributed by atoms with Crippen molar-refractivity contribution in [2.45, 2.75) is 20.3 Å². The van der Waals surface area contributed by atoms with Gasteiger partial charge in [-0.25, -0.2) is 0 Å². The SMILES string of the molecule is C=CCOc1ccc(/C=C/C)cc1OC.C=CCOc1ccc(OCC=C)c2ccccc12.C=CCOc1ccc(OCC=C)cc1.C=CCOc1cccc(C)c1.C=CCOc1cccc(OCC=C)c1.C=CCOc1ccccc1-c1ccccc1OCC=C.C=CCOc1ccccc1CC=C. The number of hydrogen-bond acceptors (Lipinski definition) is 12. The van der Waals surface area contributed by atoms with Gasteiger partial charge < -0.3 is 56.8 Å². The maximum atomic E-state index is 5.71. The molecule has 0 aliphatic heterocycles. The van der Waals surface area contributed by atoms with E-state index in [9.17, 15) is 0 Å². The quantitative estimate of drug-likeness (QED) is 0.0344. The highest BCUT2D eigenvalue weighted by atomic mass is 16.5. The van der Waals surface area contributed by atoms with Crippen LogP contribution in [0.2, 0.25) is 0 Å². The lowest BCUT2D eigenvalue weighted by Gasteiger charge is -2.14. The molecule has 0 aliphatic carbocycles. The van der Waals surface area contributed by atoms with Crippen LogP contribution in [-0.2, 0) is 6.42 Å². The Morgan fingerprint density at radius 1 is 0.267 bits per heavy atom. The molecule has 9 aromatic rings. The zero-order chi connectivity index (χ0) is 76.2. The van der Waals surface area contributed by atoms with Crippen molar-refractivity contribution in [1.82, 2.24) is 0 Å². The minimum absolute atomic E-state index is 0.479. The fraction of sp³-hybridized carbons (Fsp3) is 0.161. The van der Waals surface area contributed by atoms with Crippen molar-refractivity contribution in [2.24, 2.45) is 0 Å². The topological polar surface area (TPSA) is 111 Å². The highest BCUT2D eigenvalue weighted by Gasteiger charge is 2.12.